The Balaban J connectivity index is 0.00000264. The Bertz CT molecular complexity index is 613. The molecule has 0 aliphatic heterocycles. The van der Waals surface area contributed by atoms with Crippen molar-refractivity contribution in [2.75, 3.05) is 29.0 Å². The molecule has 0 saturated heterocycles. The maximum Gasteiger partial charge on any atom is 0.228 e. The van der Waals surface area contributed by atoms with Crippen molar-refractivity contribution in [1.29, 1.82) is 0 Å². The standard InChI is InChI=1S/C17H22N4O.2ClH/c1-3-21(4-2)16-10-9-15(12-19-16)20-17(22)11-13-5-7-14(18)8-6-13;;/h5-10,12H,3-4,11,18H2,1-2H3,(H,20,22);2*1H. The molecule has 0 aliphatic rings. The molecule has 5 nitrogen and oxygen atoms in total. The van der Waals surface area contributed by atoms with Crippen LogP contribution in [-0.4, -0.2) is 24.0 Å². The van der Waals surface area contributed by atoms with Crippen LogP contribution in [0.1, 0.15) is 19.4 Å². The number of carbonyl (C=O) groups excluding carboxylic acids is 1. The Labute approximate surface area is 155 Å². The summed E-state index contributed by atoms with van der Waals surface area (Å²) in [5.74, 6) is 0.851. The molecule has 1 aromatic heterocycles. The molecule has 0 fully saturated rings. The first-order valence-corrected chi connectivity index (χ1v) is 7.47. The molecule has 132 valence electrons. The van der Waals surface area contributed by atoms with Gasteiger partial charge in [-0.25, -0.2) is 4.98 Å². The lowest BCUT2D eigenvalue weighted by molar-refractivity contribution is -0.115. The van der Waals surface area contributed by atoms with E-state index in [0.717, 1.165) is 24.5 Å². The van der Waals surface area contributed by atoms with Crippen LogP contribution < -0.4 is 16.0 Å². The number of halogens is 2. The van der Waals surface area contributed by atoms with Crippen molar-refractivity contribution in [3.63, 3.8) is 0 Å². The molecule has 0 radical (unpaired) electrons. The Morgan fingerprint density at radius 2 is 1.71 bits per heavy atom. The molecule has 24 heavy (non-hydrogen) atoms. The smallest absolute Gasteiger partial charge is 0.228 e. The largest absolute Gasteiger partial charge is 0.399 e. The number of nitrogens with one attached hydrogen (secondary N) is 1. The van der Waals surface area contributed by atoms with Gasteiger partial charge < -0.3 is 16.0 Å². The predicted octanol–water partition coefficient (Wildman–Crippen LogP) is 3.53. The molecule has 0 spiro atoms. The van der Waals surface area contributed by atoms with Gasteiger partial charge in [-0.1, -0.05) is 12.1 Å². The summed E-state index contributed by atoms with van der Waals surface area (Å²) in [6.45, 7) is 6.00. The fourth-order valence-corrected chi connectivity index (χ4v) is 2.22. The summed E-state index contributed by atoms with van der Waals surface area (Å²) in [7, 11) is 0. The molecule has 7 heteroatoms. The second-order valence-corrected chi connectivity index (χ2v) is 5.04. The quantitative estimate of drug-likeness (QED) is 0.762. The molecule has 1 aromatic carbocycles. The van der Waals surface area contributed by atoms with E-state index in [4.69, 9.17) is 5.73 Å². The molecule has 1 heterocycles. The number of hydrogen-bond donors (Lipinski definition) is 2. The highest BCUT2D eigenvalue weighted by Crippen LogP contribution is 2.14. The lowest BCUT2D eigenvalue weighted by Gasteiger charge is -2.19. The molecule has 1 amide bonds. The van der Waals surface area contributed by atoms with Gasteiger partial charge in [0.15, 0.2) is 0 Å². The lowest BCUT2D eigenvalue weighted by Crippen LogP contribution is -2.23. The zero-order valence-corrected chi connectivity index (χ0v) is 15.5. The number of aromatic nitrogens is 1. The van der Waals surface area contributed by atoms with Gasteiger partial charge in [0.2, 0.25) is 5.91 Å². The first kappa shape index (κ1) is 22.0. The van der Waals surface area contributed by atoms with Crippen LogP contribution in [0.4, 0.5) is 17.2 Å². The van der Waals surface area contributed by atoms with Crippen LogP contribution in [0.15, 0.2) is 42.6 Å². The van der Waals surface area contributed by atoms with Crippen molar-refractivity contribution < 1.29 is 4.79 Å². The van der Waals surface area contributed by atoms with E-state index in [1.54, 1.807) is 18.3 Å². The average Bonchev–Trinajstić information content (AvgIpc) is 2.52. The summed E-state index contributed by atoms with van der Waals surface area (Å²) in [4.78, 5) is 18.6. The monoisotopic (exact) mass is 370 g/mol. The molecule has 3 N–H and O–H groups in total. The number of nitrogens with zero attached hydrogens (tertiary/aromatic N) is 2. The van der Waals surface area contributed by atoms with Crippen molar-refractivity contribution in [2.45, 2.75) is 20.3 Å². The van der Waals surface area contributed by atoms with E-state index in [1.165, 1.54) is 0 Å². The van der Waals surface area contributed by atoms with Gasteiger partial charge in [0.1, 0.15) is 5.82 Å². The van der Waals surface area contributed by atoms with E-state index >= 15 is 0 Å². The van der Waals surface area contributed by atoms with Crippen LogP contribution in [0.5, 0.6) is 0 Å². The Kier molecular flexibility index (Phi) is 9.85. The van der Waals surface area contributed by atoms with E-state index in [9.17, 15) is 4.79 Å². The first-order chi connectivity index (χ1) is 10.6. The molecule has 2 aromatic rings. The van der Waals surface area contributed by atoms with Crippen LogP contribution in [0.25, 0.3) is 0 Å². The molecular formula is C17H24Cl2N4O. The predicted molar refractivity (Wildman–Crippen MR) is 105 cm³/mol. The average molecular weight is 371 g/mol. The van der Waals surface area contributed by atoms with Gasteiger partial charge in [0.25, 0.3) is 0 Å². The van der Waals surface area contributed by atoms with E-state index in [-0.39, 0.29) is 30.7 Å². The second kappa shape index (κ2) is 10.7. The number of benzene rings is 1. The number of nitrogens with two attached hydrogens (primary N) is 1. The van der Waals surface area contributed by atoms with Crippen LogP contribution in [-0.2, 0) is 11.2 Å². The molecule has 0 atom stereocenters. The summed E-state index contributed by atoms with van der Waals surface area (Å²) in [6.07, 6.45) is 2.01. The summed E-state index contributed by atoms with van der Waals surface area (Å²) in [5, 5.41) is 2.86. The normalized spacial score (nSPS) is 9.42. The Morgan fingerprint density at radius 3 is 2.21 bits per heavy atom. The fourth-order valence-electron chi connectivity index (χ4n) is 2.22. The van der Waals surface area contributed by atoms with Crippen molar-refractivity contribution in [3.8, 4) is 0 Å². The van der Waals surface area contributed by atoms with Gasteiger partial charge in [-0.15, -0.1) is 24.8 Å². The Morgan fingerprint density at radius 1 is 1.08 bits per heavy atom. The zero-order valence-electron chi connectivity index (χ0n) is 13.9. The minimum absolute atomic E-state index is 0. The summed E-state index contributed by atoms with van der Waals surface area (Å²) in [5.41, 5.74) is 7.96. The highest BCUT2D eigenvalue weighted by molar-refractivity contribution is 5.92. The maximum absolute atomic E-state index is 12.0. The highest BCUT2D eigenvalue weighted by Gasteiger charge is 2.06. The zero-order chi connectivity index (χ0) is 15.9. The van der Waals surface area contributed by atoms with Gasteiger partial charge in [-0.3, -0.25) is 4.79 Å². The molecule has 0 saturated carbocycles. The van der Waals surface area contributed by atoms with Crippen LogP contribution >= 0.6 is 24.8 Å². The van der Waals surface area contributed by atoms with Gasteiger partial charge >= 0.3 is 0 Å². The third-order valence-corrected chi connectivity index (χ3v) is 3.46. The minimum atomic E-state index is -0.0674. The number of anilines is 3. The molecule has 0 bridgehead atoms. The first-order valence-electron chi connectivity index (χ1n) is 7.47. The van der Waals surface area contributed by atoms with Gasteiger partial charge in [0.05, 0.1) is 18.3 Å². The van der Waals surface area contributed by atoms with Crippen molar-refractivity contribution in [1.82, 2.24) is 4.98 Å². The van der Waals surface area contributed by atoms with Crippen LogP contribution in [0.2, 0.25) is 0 Å². The third-order valence-electron chi connectivity index (χ3n) is 3.46. The summed E-state index contributed by atoms with van der Waals surface area (Å²) < 4.78 is 0. The van der Waals surface area contributed by atoms with E-state index in [2.05, 4.69) is 29.0 Å². The molecule has 0 unspecified atom stereocenters. The third kappa shape index (κ3) is 6.26. The second-order valence-electron chi connectivity index (χ2n) is 5.04. The SMILES string of the molecule is CCN(CC)c1ccc(NC(=O)Cc2ccc(N)cc2)cn1.Cl.Cl. The van der Waals surface area contributed by atoms with Gasteiger partial charge in [0, 0.05) is 18.8 Å². The number of nitrogen functional groups attached to an aromatic ring is 1. The number of amides is 1. The van der Waals surface area contributed by atoms with Crippen LogP contribution in [0, 0.1) is 0 Å². The molecule has 2 rings (SSSR count). The van der Waals surface area contributed by atoms with E-state index in [0.29, 0.717) is 17.8 Å². The Hall–Kier alpha value is -1.98. The number of pyridine rings is 1. The van der Waals surface area contributed by atoms with Crippen molar-refractivity contribution in [2.24, 2.45) is 0 Å². The number of hydrogen-bond acceptors (Lipinski definition) is 4. The minimum Gasteiger partial charge on any atom is -0.399 e. The van der Waals surface area contributed by atoms with E-state index < -0.39 is 0 Å². The van der Waals surface area contributed by atoms with Crippen LogP contribution in [0.3, 0.4) is 0 Å². The summed E-state index contributed by atoms with van der Waals surface area (Å²) >= 11 is 0. The number of carbonyl (C=O) groups is 1. The molecule has 0 aliphatic carbocycles. The van der Waals surface area contributed by atoms with E-state index in [1.807, 2.05) is 24.3 Å². The topological polar surface area (TPSA) is 71.2 Å². The highest BCUT2D eigenvalue weighted by atomic mass is 35.5. The lowest BCUT2D eigenvalue weighted by atomic mass is 10.1. The summed E-state index contributed by atoms with van der Waals surface area (Å²) in [6, 6.07) is 11.1. The van der Waals surface area contributed by atoms with Gasteiger partial charge in [-0.05, 0) is 43.7 Å². The maximum atomic E-state index is 12.0. The van der Waals surface area contributed by atoms with Crippen molar-refractivity contribution in [3.05, 3.63) is 48.2 Å². The molecular weight excluding hydrogens is 347 g/mol. The van der Waals surface area contributed by atoms with Crippen molar-refractivity contribution >= 4 is 47.9 Å². The number of rotatable bonds is 6. The fraction of sp³-hybridized carbons (Fsp3) is 0.294. The van der Waals surface area contributed by atoms with Gasteiger partial charge in [-0.2, -0.15) is 0 Å².